The number of carbonyl (C=O) groups excluding carboxylic acids is 1. The molecule has 3 nitrogen and oxygen atoms in total. The summed E-state index contributed by atoms with van der Waals surface area (Å²) in [5.74, 6) is -0.0632. The Morgan fingerprint density at radius 3 is 2.36 bits per heavy atom. The van der Waals surface area contributed by atoms with Gasteiger partial charge in [0.05, 0.1) is 6.42 Å². The first kappa shape index (κ1) is 11.3. The van der Waals surface area contributed by atoms with Crippen LogP contribution in [-0.2, 0) is 4.79 Å². The van der Waals surface area contributed by atoms with Crippen LogP contribution in [0.3, 0.4) is 0 Å². The summed E-state index contributed by atoms with van der Waals surface area (Å²) in [5, 5.41) is 0.848. The largest absolute Gasteiger partial charge is 0.426 e. The molecule has 2 N–H and O–H groups in total. The molecule has 1 aromatic carbocycles. The number of esters is 1. The molecule has 0 bridgehead atoms. The van der Waals surface area contributed by atoms with Crippen molar-refractivity contribution in [3.05, 3.63) is 28.2 Å². The smallest absolute Gasteiger partial charge is 0.312 e. The molecule has 76 valence electrons. The molecule has 0 unspecified atom stereocenters. The summed E-state index contributed by atoms with van der Waals surface area (Å²) in [5.41, 5.74) is 5.19. The normalized spacial score (nSPS) is 9.93. The fourth-order valence-corrected chi connectivity index (χ4v) is 1.39. The highest BCUT2D eigenvalue weighted by Gasteiger charge is 2.05. The highest BCUT2D eigenvalue weighted by atomic mass is 35.5. The van der Waals surface area contributed by atoms with Crippen molar-refractivity contribution in [3.8, 4) is 5.75 Å². The second-order valence-electron chi connectivity index (χ2n) is 2.62. The van der Waals surface area contributed by atoms with Crippen LogP contribution in [0.1, 0.15) is 6.42 Å². The third kappa shape index (κ3) is 3.54. The van der Waals surface area contributed by atoms with E-state index in [4.69, 9.17) is 33.7 Å². The van der Waals surface area contributed by atoms with Gasteiger partial charge >= 0.3 is 5.97 Å². The summed E-state index contributed by atoms with van der Waals surface area (Å²) in [7, 11) is 0. The van der Waals surface area contributed by atoms with Crippen molar-refractivity contribution in [1.29, 1.82) is 0 Å². The van der Waals surface area contributed by atoms with Crippen molar-refractivity contribution in [2.75, 3.05) is 6.54 Å². The van der Waals surface area contributed by atoms with Crippen LogP contribution in [-0.4, -0.2) is 12.5 Å². The topological polar surface area (TPSA) is 52.3 Å². The van der Waals surface area contributed by atoms with Gasteiger partial charge in [0.2, 0.25) is 0 Å². The maximum atomic E-state index is 11.0. The van der Waals surface area contributed by atoms with Gasteiger partial charge in [-0.25, -0.2) is 0 Å². The van der Waals surface area contributed by atoms with Crippen molar-refractivity contribution >= 4 is 29.2 Å². The van der Waals surface area contributed by atoms with E-state index in [2.05, 4.69) is 0 Å². The molecule has 0 saturated carbocycles. The zero-order valence-corrected chi connectivity index (χ0v) is 8.81. The number of nitrogens with two attached hydrogens (primary N) is 1. The molecule has 5 heteroatoms. The van der Waals surface area contributed by atoms with Gasteiger partial charge in [-0.1, -0.05) is 23.2 Å². The summed E-state index contributed by atoms with van der Waals surface area (Å²) in [6.45, 7) is 0.257. The standard InChI is InChI=1S/C9H9Cl2NO2/c10-6-3-7(11)5-8(4-6)14-9(13)1-2-12/h3-5H,1-2,12H2. The molecule has 0 heterocycles. The highest BCUT2D eigenvalue weighted by Crippen LogP contribution is 2.24. The Morgan fingerprint density at radius 2 is 1.86 bits per heavy atom. The average Bonchev–Trinajstić information content (AvgIpc) is 2.01. The van der Waals surface area contributed by atoms with Gasteiger partial charge in [-0.2, -0.15) is 0 Å². The van der Waals surface area contributed by atoms with Crippen LogP contribution < -0.4 is 10.5 Å². The van der Waals surface area contributed by atoms with Crippen molar-refractivity contribution < 1.29 is 9.53 Å². The van der Waals surface area contributed by atoms with Crippen molar-refractivity contribution in [2.24, 2.45) is 5.73 Å². The predicted molar refractivity (Wildman–Crippen MR) is 55.8 cm³/mol. The molecule has 0 aromatic heterocycles. The van der Waals surface area contributed by atoms with Crippen LogP contribution in [0, 0.1) is 0 Å². The minimum atomic E-state index is -0.397. The number of carbonyl (C=O) groups is 1. The van der Waals surface area contributed by atoms with E-state index in [0.717, 1.165) is 0 Å². The summed E-state index contributed by atoms with van der Waals surface area (Å²) in [6.07, 6.45) is 0.171. The van der Waals surface area contributed by atoms with Crippen molar-refractivity contribution in [3.63, 3.8) is 0 Å². The Kier molecular flexibility index (Phi) is 4.20. The van der Waals surface area contributed by atoms with E-state index in [-0.39, 0.29) is 13.0 Å². The molecule has 0 aliphatic rings. The van der Waals surface area contributed by atoms with E-state index in [0.29, 0.717) is 15.8 Å². The van der Waals surface area contributed by atoms with Gasteiger partial charge in [0.25, 0.3) is 0 Å². The Balaban J connectivity index is 2.71. The summed E-state index contributed by atoms with van der Waals surface area (Å²) in [4.78, 5) is 11.0. The van der Waals surface area contributed by atoms with Crippen LogP contribution in [0.15, 0.2) is 18.2 Å². The van der Waals surface area contributed by atoms with Gasteiger partial charge < -0.3 is 10.5 Å². The van der Waals surface area contributed by atoms with E-state index >= 15 is 0 Å². The Bertz CT molecular complexity index is 321. The molecule has 0 radical (unpaired) electrons. The number of hydrogen-bond acceptors (Lipinski definition) is 3. The van der Waals surface area contributed by atoms with Crippen LogP contribution in [0.25, 0.3) is 0 Å². The second-order valence-corrected chi connectivity index (χ2v) is 3.49. The van der Waals surface area contributed by atoms with Gasteiger partial charge in [0, 0.05) is 16.6 Å². The minimum absolute atomic E-state index is 0.171. The molecular weight excluding hydrogens is 225 g/mol. The lowest BCUT2D eigenvalue weighted by Gasteiger charge is -2.03. The zero-order chi connectivity index (χ0) is 10.6. The van der Waals surface area contributed by atoms with E-state index in [1.54, 1.807) is 6.07 Å². The van der Waals surface area contributed by atoms with Crippen molar-refractivity contribution in [1.82, 2.24) is 0 Å². The quantitative estimate of drug-likeness (QED) is 0.644. The molecule has 0 fully saturated rings. The third-order valence-electron chi connectivity index (χ3n) is 1.42. The zero-order valence-electron chi connectivity index (χ0n) is 7.30. The number of benzene rings is 1. The highest BCUT2D eigenvalue weighted by molar-refractivity contribution is 6.34. The second kappa shape index (κ2) is 5.20. The van der Waals surface area contributed by atoms with Gasteiger partial charge in [0.15, 0.2) is 0 Å². The molecule has 0 aliphatic heterocycles. The van der Waals surface area contributed by atoms with Gasteiger partial charge in [0.1, 0.15) is 5.75 Å². The summed E-state index contributed by atoms with van der Waals surface area (Å²) >= 11 is 11.4. The van der Waals surface area contributed by atoms with Crippen molar-refractivity contribution in [2.45, 2.75) is 6.42 Å². The van der Waals surface area contributed by atoms with Crippen LogP contribution >= 0.6 is 23.2 Å². The molecule has 0 atom stereocenters. The molecule has 0 amide bonds. The lowest BCUT2D eigenvalue weighted by molar-refractivity contribution is -0.134. The molecule has 1 aromatic rings. The molecule has 0 saturated heterocycles. The average molecular weight is 234 g/mol. The first-order valence-electron chi connectivity index (χ1n) is 3.98. The SMILES string of the molecule is NCCC(=O)Oc1cc(Cl)cc(Cl)c1. The minimum Gasteiger partial charge on any atom is -0.426 e. The Hall–Kier alpha value is -0.770. The van der Waals surface area contributed by atoms with E-state index in [9.17, 15) is 4.79 Å². The van der Waals surface area contributed by atoms with Crippen LogP contribution in [0.2, 0.25) is 10.0 Å². The first-order valence-corrected chi connectivity index (χ1v) is 4.74. The maximum absolute atomic E-state index is 11.0. The predicted octanol–water partition coefficient (Wildman–Crippen LogP) is 2.25. The van der Waals surface area contributed by atoms with Crippen LogP contribution in [0.4, 0.5) is 0 Å². The number of rotatable bonds is 3. The number of halogens is 2. The fourth-order valence-electron chi connectivity index (χ4n) is 0.888. The molecule has 0 spiro atoms. The molecular formula is C9H9Cl2NO2. The number of hydrogen-bond donors (Lipinski definition) is 1. The van der Waals surface area contributed by atoms with E-state index in [1.807, 2.05) is 0 Å². The van der Waals surface area contributed by atoms with Crippen LogP contribution in [0.5, 0.6) is 5.75 Å². The van der Waals surface area contributed by atoms with Gasteiger partial charge in [-0.05, 0) is 18.2 Å². The maximum Gasteiger partial charge on any atom is 0.312 e. The lowest BCUT2D eigenvalue weighted by Crippen LogP contribution is -2.13. The monoisotopic (exact) mass is 233 g/mol. The number of ether oxygens (including phenoxy) is 1. The van der Waals surface area contributed by atoms with Gasteiger partial charge in [-0.15, -0.1) is 0 Å². The molecule has 14 heavy (non-hydrogen) atoms. The Morgan fingerprint density at radius 1 is 1.29 bits per heavy atom. The van der Waals surface area contributed by atoms with E-state index < -0.39 is 5.97 Å². The lowest BCUT2D eigenvalue weighted by atomic mass is 10.3. The molecule has 1 rings (SSSR count). The Labute approximate surface area is 91.7 Å². The summed E-state index contributed by atoms with van der Waals surface area (Å²) in [6, 6.07) is 4.59. The van der Waals surface area contributed by atoms with Gasteiger partial charge in [-0.3, -0.25) is 4.79 Å². The summed E-state index contributed by atoms with van der Waals surface area (Å²) < 4.78 is 4.93. The third-order valence-corrected chi connectivity index (χ3v) is 1.85. The fraction of sp³-hybridized carbons (Fsp3) is 0.222. The molecule has 0 aliphatic carbocycles. The van der Waals surface area contributed by atoms with E-state index in [1.165, 1.54) is 12.1 Å². The first-order chi connectivity index (χ1) is 6.61.